The smallest absolute Gasteiger partial charge is 0.241 e. The van der Waals surface area contributed by atoms with Gasteiger partial charge in [0.2, 0.25) is 16.0 Å². The number of fused-ring (bicyclic) bond motifs is 1. The standard InChI is InChI=1S/C21H21F3N4O3S/c1-3-4-15-16-19(18(23)20(29)17(15)22)28(25-21(16)24)14-7-5-13(6-8-14)26-9-11-27(12-10-26)32(2,30)31/h3-8,29H,9-12H2,1-2H3. The Morgan fingerprint density at radius 1 is 1.00 bits per heavy atom. The fraction of sp³-hybridized carbons (Fsp3) is 0.286. The Morgan fingerprint density at radius 3 is 2.16 bits per heavy atom. The van der Waals surface area contributed by atoms with Crippen LogP contribution in [0.25, 0.3) is 22.7 Å². The lowest BCUT2D eigenvalue weighted by atomic mass is 10.1. The molecule has 1 aromatic heterocycles. The van der Waals surface area contributed by atoms with E-state index >= 15 is 0 Å². The normalized spacial score (nSPS) is 15.8. The van der Waals surface area contributed by atoms with Crippen LogP contribution in [0.3, 0.4) is 0 Å². The van der Waals surface area contributed by atoms with E-state index in [0.717, 1.165) is 10.4 Å². The number of nitrogens with zero attached hydrogens (tertiary/aromatic N) is 4. The van der Waals surface area contributed by atoms with Gasteiger partial charge in [0.25, 0.3) is 0 Å². The molecule has 1 fully saturated rings. The fourth-order valence-electron chi connectivity index (χ4n) is 3.87. The van der Waals surface area contributed by atoms with E-state index in [9.17, 15) is 26.7 Å². The summed E-state index contributed by atoms with van der Waals surface area (Å²) >= 11 is 0. The van der Waals surface area contributed by atoms with Crippen LogP contribution < -0.4 is 4.90 Å². The highest BCUT2D eigenvalue weighted by Crippen LogP contribution is 2.36. The van der Waals surface area contributed by atoms with Crippen LogP contribution in [0.5, 0.6) is 5.75 Å². The van der Waals surface area contributed by atoms with Crippen molar-refractivity contribution in [3.63, 3.8) is 0 Å². The highest BCUT2D eigenvalue weighted by atomic mass is 32.2. The van der Waals surface area contributed by atoms with Gasteiger partial charge in [-0.25, -0.2) is 21.9 Å². The molecule has 0 saturated carbocycles. The number of hydrogen-bond donors (Lipinski definition) is 1. The van der Waals surface area contributed by atoms with Gasteiger partial charge in [-0.15, -0.1) is 5.10 Å². The number of anilines is 1. The molecule has 2 heterocycles. The lowest BCUT2D eigenvalue weighted by Gasteiger charge is -2.34. The van der Waals surface area contributed by atoms with Crippen LogP contribution in [0, 0.1) is 17.6 Å². The Kier molecular flexibility index (Phi) is 5.63. The average Bonchev–Trinajstić information content (AvgIpc) is 3.12. The summed E-state index contributed by atoms with van der Waals surface area (Å²) in [6.07, 6.45) is 3.87. The van der Waals surface area contributed by atoms with Gasteiger partial charge < -0.3 is 10.0 Å². The number of sulfonamides is 1. The van der Waals surface area contributed by atoms with Crippen LogP contribution in [0.2, 0.25) is 0 Å². The second-order valence-electron chi connectivity index (χ2n) is 7.48. The molecule has 1 N–H and O–H groups in total. The first-order chi connectivity index (χ1) is 15.1. The lowest BCUT2D eigenvalue weighted by molar-refractivity contribution is 0.388. The van der Waals surface area contributed by atoms with Gasteiger partial charge in [0.1, 0.15) is 5.52 Å². The zero-order valence-corrected chi connectivity index (χ0v) is 18.2. The van der Waals surface area contributed by atoms with Crippen molar-refractivity contribution in [3.05, 3.63) is 53.5 Å². The third kappa shape index (κ3) is 3.71. The zero-order chi connectivity index (χ0) is 23.2. The zero-order valence-electron chi connectivity index (χ0n) is 17.4. The maximum Gasteiger partial charge on any atom is 0.241 e. The highest BCUT2D eigenvalue weighted by Gasteiger charge is 2.27. The van der Waals surface area contributed by atoms with E-state index < -0.39 is 33.4 Å². The number of halogens is 3. The molecule has 170 valence electrons. The van der Waals surface area contributed by atoms with E-state index in [1.165, 1.54) is 22.7 Å². The largest absolute Gasteiger partial charge is 0.503 e. The van der Waals surface area contributed by atoms with Crippen molar-refractivity contribution >= 4 is 32.7 Å². The monoisotopic (exact) mass is 466 g/mol. The molecular formula is C21H21F3N4O3S. The third-order valence-electron chi connectivity index (χ3n) is 5.47. The lowest BCUT2D eigenvalue weighted by Crippen LogP contribution is -2.48. The average molecular weight is 466 g/mol. The number of phenolic OH excluding ortho intramolecular Hbond substituents is 1. The fourth-order valence-corrected chi connectivity index (χ4v) is 4.70. The van der Waals surface area contributed by atoms with Crippen molar-refractivity contribution < 1.29 is 26.7 Å². The summed E-state index contributed by atoms with van der Waals surface area (Å²) in [4.78, 5) is 2.00. The Morgan fingerprint density at radius 2 is 1.59 bits per heavy atom. The van der Waals surface area contributed by atoms with E-state index in [1.807, 2.05) is 4.90 Å². The van der Waals surface area contributed by atoms with E-state index in [-0.39, 0.29) is 16.5 Å². The Labute approximate surface area is 183 Å². The molecule has 7 nitrogen and oxygen atoms in total. The first-order valence-corrected chi connectivity index (χ1v) is 11.7. The summed E-state index contributed by atoms with van der Waals surface area (Å²) in [5.41, 5.74) is 0.464. The van der Waals surface area contributed by atoms with Crippen LogP contribution in [0.15, 0.2) is 30.3 Å². The minimum atomic E-state index is -3.24. The van der Waals surface area contributed by atoms with Gasteiger partial charge in [-0.1, -0.05) is 12.2 Å². The summed E-state index contributed by atoms with van der Waals surface area (Å²) in [5, 5.41) is 13.3. The number of aromatic nitrogens is 2. The van der Waals surface area contributed by atoms with Crippen LogP contribution >= 0.6 is 0 Å². The second kappa shape index (κ2) is 8.14. The van der Waals surface area contributed by atoms with Gasteiger partial charge >= 0.3 is 0 Å². The molecule has 3 aromatic rings. The number of phenols is 1. The highest BCUT2D eigenvalue weighted by molar-refractivity contribution is 7.88. The van der Waals surface area contributed by atoms with Crippen molar-refractivity contribution in [2.75, 3.05) is 37.3 Å². The van der Waals surface area contributed by atoms with Crippen LogP contribution in [0.1, 0.15) is 12.5 Å². The third-order valence-corrected chi connectivity index (χ3v) is 6.78. The Hall–Kier alpha value is -3.05. The molecule has 11 heteroatoms. The van der Waals surface area contributed by atoms with Crippen molar-refractivity contribution in [3.8, 4) is 11.4 Å². The molecule has 1 aliphatic rings. The topological polar surface area (TPSA) is 78.7 Å². The number of hydrogen-bond acceptors (Lipinski definition) is 5. The number of piperazine rings is 1. The molecule has 0 spiro atoms. The van der Waals surface area contributed by atoms with Gasteiger partial charge in [0, 0.05) is 37.4 Å². The first-order valence-electron chi connectivity index (χ1n) is 9.84. The second-order valence-corrected chi connectivity index (χ2v) is 9.46. The van der Waals surface area contributed by atoms with Crippen molar-refractivity contribution in [2.24, 2.45) is 0 Å². The molecule has 1 saturated heterocycles. The number of rotatable bonds is 4. The molecular weight excluding hydrogens is 445 g/mol. The van der Waals surface area contributed by atoms with Gasteiger partial charge in [0.05, 0.1) is 17.3 Å². The van der Waals surface area contributed by atoms with Crippen molar-refractivity contribution in [1.82, 2.24) is 14.1 Å². The summed E-state index contributed by atoms with van der Waals surface area (Å²) in [6, 6.07) is 6.65. The maximum atomic E-state index is 14.7. The van der Waals surface area contributed by atoms with Crippen LogP contribution in [-0.4, -0.2) is 60.0 Å². The number of allylic oxidation sites excluding steroid dienone is 1. The molecule has 0 radical (unpaired) electrons. The van der Waals surface area contributed by atoms with Gasteiger partial charge in [-0.2, -0.15) is 8.70 Å². The molecule has 2 aromatic carbocycles. The molecule has 0 amide bonds. The number of benzene rings is 2. The molecule has 32 heavy (non-hydrogen) atoms. The van der Waals surface area contributed by atoms with E-state index in [4.69, 9.17) is 0 Å². The van der Waals surface area contributed by atoms with Crippen LogP contribution in [-0.2, 0) is 10.0 Å². The van der Waals surface area contributed by atoms with Crippen molar-refractivity contribution in [2.45, 2.75) is 6.92 Å². The molecule has 0 aliphatic carbocycles. The van der Waals surface area contributed by atoms with E-state index in [0.29, 0.717) is 31.9 Å². The summed E-state index contributed by atoms with van der Waals surface area (Å²) in [7, 11) is -3.24. The molecule has 1 aliphatic heterocycles. The summed E-state index contributed by atoms with van der Waals surface area (Å²) < 4.78 is 69.4. The Bertz CT molecular complexity index is 1310. The minimum Gasteiger partial charge on any atom is -0.503 e. The Balaban J connectivity index is 1.71. The molecule has 0 atom stereocenters. The van der Waals surface area contributed by atoms with Crippen LogP contribution in [0.4, 0.5) is 18.9 Å². The first kappa shape index (κ1) is 22.2. The quantitative estimate of drug-likeness (QED) is 0.639. The van der Waals surface area contributed by atoms with Gasteiger partial charge in [0.15, 0.2) is 17.4 Å². The summed E-state index contributed by atoms with van der Waals surface area (Å²) in [6.45, 7) is 3.31. The molecule has 4 rings (SSSR count). The predicted octanol–water partition coefficient (Wildman–Crippen LogP) is 3.26. The van der Waals surface area contributed by atoms with Gasteiger partial charge in [-0.3, -0.25) is 0 Å². The SMILES string of the molecule is CC=Cc1c(F)c(O)c(F)c2c1c(F)nn2-c1ccc(N2CCN(S(C)(=O)=O)CC2)cc1. The van der Waals surface area contributed by atoms with Gasteiger partial charge in [-0.05, 0) is 31.2 Å². The van der Waals surface area contributed by atoms with E-state index in [1.54, 1.807) is 31.2 Å². The summed E-state index contributed by atoms with van der Waals surface area (Å²) in [5.74, 6) is -4.82. The van der Waals surface area contributed by atoms with E-state index in [2.05, 4.69) is 5.10 Å². The minimum absolute atomic E-state index is 0.287. The maximum absolute atomic E-state index is 14.7. The molecule has 0 unspecified atom stereocenters. The predicted molar refractivity (Wildman–Crippen MR) is 116 cm³/mol. The van der Waals surface area contributed by atoms with Crippen molar-refractivity contribution in [1.29, 1.82) is 0 Å². The molecule has 0 bridgehead atoms. The number of aromatic hydroxyl groups is 1.